The highest BCUT2D eigenvalue weighted by atomic mass is 31.2. The van der Waals surface area contributed by atoms with Crippen molar-refractivity contribution in [3.8, 4) is 5.75 Å². The Morgan fingerprint density at radius 2 is 1.79 bits per heavy atom. The van der Waals surface area contributed by atoms with Crippen molar-refractivity contribution in [2.24, 2.45) is 0 Å². The number of carbonyl (C=O) groups is 1. The summed E-state index contributed by atoms with van der Waals surface area (Å²) in [7, 11) is -4.47. The molecule has 6 nitrogen and oxygen atoms in total. The maximum atomic E-state index is 10.6. The smallest absolute Gasteiger partial charge is 0.478 e. The molecule has 1 rings (SSSR count). The Morgan fingerprint density at radius 3 is 2.29 bits per heavy atom. The lowest BCUT2D eigenvalue weighted by molar-refractivity contribution is 0.0694. The molecule has 0 aromatic heterocycles. The number of hydrogen-bond acceptors (Lipinski definition) is 5. The van der Waals surface area contributed by atoms with Gasteiger partial charge in [0, 0.05) is 0 Å². The number of para-hydroxylation sites is 1. The van der Waals surface area contributed by atoms with Crippen LogP contribution in [0.3, 0.4) is 0 Å². The molecule has 76 valence electrons. The van der Waals surface area contributed by atoms with Crippen LogP contribution in [-0.4, -0.2) is 25.8 Å². The minimum absolute atomic E-state index is 0.256. The van der Waals surface area contributed by atoms with Crippen LogP contribution in [0, 0.1) is 0 Å². The van der Waals surface area contributed by atoms with Crippen LogP contribution in [0.25, 0.3) is 0 Å². The Hall–Kier alpha value is -1.20. The summed E-state index contributed by atoms with van der Waals surface area (Å²) < 4.78 is 4.29. The van der Waals surface area contributed by atoms with Crippen LogP contribution < -0.4 is 4.52 Å². The van der Waals surface area contributed by atoms with Crippen LogP contribution in [0.4, 0.5) is 0 Å². The molecular formula is C7H8O6P+. The number of aromatic carboxylic acids is 1. The highest BCUT2D eigenvalue weighted by Crippen LogP contribution is 2.46. The van der Waals surface area contributed by atoms with E-state index in [0.29, 0.717) is 0 Å². The maximum absolute atomic E-state index is 10.6. The van der Waals surface area contributed by atoms with Gasteiger partial charge in [0.15, 0.2) is 5.75 Å². The van der Waals surface area contributed by atoms with Gasteiger partial charge in [-0.25, -0.2) is 4.79 Å². The highest BCUT2D eigenvalue weighted by molar-refractivity contribution is 7.53. The quantitative estimate of drug-likeness (QED) is 0.548. The summed E-state index contributed by atoms with van der Waals surface area (Å²) in [6, 6.07) is 5.31. The molecule has 0 atom stereocenters. The first kappa shape index (κ1) is 10.9. The fraction of sp³-hybridized carbons (Fsp3) is 0. The van der Waals surface area contributed by atoms with Gasteiger partial charge in [-0.15, -0.1) is 0 Å². The van der Waals surface area contributed by atoms with Crippen molar-refractivity contribution >= 4 is 14.1 Å². The zero-order valence-electron chi connectivity index (χ0n) is 6.86. The minimum atomic E-state index is -4.47. The predicted molar refractivity (Wildman–Crippen MR) is 47.6 cm³/mol. The van der Waals surface area contributed by atoms with E-state index in [1.54, 1.807) is 0 Å². The van der Waals surface area contributed by atoms with Crippen molar-refractivity contribution in [3.63, 3.8) is 0 Å². The van der Waals surface area contributed by atoms with Crippen molar-refractivity contribution < 1.29 is 29.1 Å². The summed E-state index contributed by atoms with van der Waals surface area (Å²) >= 11 is 0. The Morgan fingerprint density at radius 1 is 1.21 bits per heavy atom. The van der Waals surface area contributed by atoms with Crippen molar-refractivity contribution in [2.45, 2.75) is 0 Å². The number of carboxylic acids is 1. The van der Waals surface area contributed by atoms with E-state index in [0.717, 1.165) is 0 Å². The number of benzene rings is 1. The van der Waals surface area contributed by atoms with Crippen molar-refractivity contribution in [2.75, 3.05) is 0 Å². The van der Waals surface area contributed by atoms with E-state index in [1.807, 2.05) is 0 Å². The molecule has 0 aliphatic heterocycles. The monoisotopic (exact) mass is 219 g/mol. The third-order valence-corrected chi connectivity index (χ3v) is 1.78. The molecule has 1 aromatic carbocycles. The first-order valence-electron chi connectivity index (χ1n) is 3.49. The van der Waals surface area contributed by atoms with Gasteiger partial charge < -0.3 is 5.11 Å². The SMILES string of the molecule is O=C(O)c1ccccc1O[P+](O)(O)O. The van der Waals surface area contributed by atoms with Crippen molar-refractivity contribution in [1.29, 1.82) is 0 Å². The van der Waals surface area contributed by atoms with Gasteiger partial charge in [-0.3, -0.25) is 4.52 Å². The van der Waals surface area contributed by atoms with Crippen LogP contribution in [0.1, 0.15) is 10.4 Å². The molecule has 0 radical (unpaired) electrons. The largest absolute Gasteiger partial charge is 0.613 e. The van der Waals surface area contributed by atoms with E-state index in [-0.39, 0.29) is 11.3 Å². The number of carboxylic acid groups (broad SMARTS) is 1. The molecule has 0 heterocycles. The average molecular weight is 219 g/mol. The normalized spacial score (nSPS) is 11.1. The molecular weight excluding hydrogens is 211 g/mol. The van der Waals surface area contributed by atoms with E-state index in [2.05, 4.69) is 4.52 Å². The third-order valence-electron chi connectivity index (χ3n) is 1.34. The van der Waals surface area contributed by atoms with Gasteiger partial charge in [0.05, 0.1) is 0 Å². The van der Waals surface area contributed by atoms with E-state index >= 15 is 0 Å². The molecule has 0 saturated carbocycles. The topological polar surface area (TPSA) is 107 Å². The van der Waals surface area contributed by atoms with E-state index in [4.69, 9.17) is 19.8 Å². The second-order valence-corrected chi connectivity index (χ2v) is 3.62. The predicted octanol–water partition coefficient (Wildman–Crippen LogP) is 0.418. The molecule has 0 unspecified atom stereocenters. The highest BCUT2D eigenvalue weighted by Gasteiger charge is 2.36. The Bertz CT molecular complexity index is 344. The average Bonchev–Trinajstić information content (AvgIpc) is 2.01. The zero-order valence-corrected chi connectivity index (χ0v) is 7.76. The number of rotatable bonds is 3. The fourth-order valence-corrected chi connectivity index (χ4v) is 1.28. The van der Waals surface area contributed by atoms with E-state index < -0.39 is 14.1 Å². The first-order chi connectivity index (χ1) is 6.40. The zero-order chi connectivity index (χ0) is 10.8. The van der Waals surface area contributed by atoms with Crippen LogP contribution in [0.15, 0.2) is 24.3 Å². The fourth-order valence-electron chi connectivity index (χ4n) is 0.855. The Kier molecular flexibility index (Phi) is 3.03. The summed E-state index contributed by atoms with van der Waals surface area (Å²) in [5.41, 5.74) is -0.256. The summed E-state index contributed by atoms with van der Waals surface area (Å²) in [5, 5.41) is 8.65. The van der Waals surface area contributed by atoms with E-state index in [1.165, 1.54) is 24.3 Å². The van der Waals surface area contributed by atoms with Gasteiger partial charge in [0.2, 0.25) is 0 Å². The molecule has 0 amide bonds. The molecule has 0 aliphatic rings. The Balaban J connectivity index is 3.02. The standard InChI is InChI=1S/C7H7O6P/c8-7(9)5-3-1-2-4-6(5)13-14(10,11)12/h1-4,10-12H/p+1. The maximum Gasteiger partial charge on any atom is 0.613 e. The van der Waals surface area contributed by atoms with Gasteiger partial charge in [-0.2, -0.15) is 14.7 Å². The summed E-state index contributed by atoms with van der Waals surface area (Å²) in [5.74, 6) is -1.57. The number of hydrogen-bond donors (Lipinski definition) is 4. The molecule has 0 spiro atoms. The van der Waals surface area contributed by atoms with Crippen LogP contribution in [0.5, 0.6) is 5.75 Å². The summed E-state index contributed by atoms with van der Waals surface area (Å²) in [6.07, 6.45) is 0. The molecule has 0 fully saturated rings. The second kappa shape index (κ2) is 3.89. The van der Waals surface area contributed by atoms with E-state index in [9.17, 15) is 4.79 Å². The van der Waals surface area contributed by atoms with Gasteiger partial charge >= 0.3 is 14.1 Å². The lowest BCUT2D eigenvalue weighted by atomic mass is 10.2. The lowest BCUT2D eigenvalue weighted by Crippen LogP contribution is -2.04. The second-order valence-electron chi connectivity index (χ2n) is 2.41. The summed E-state index contributed by atoms with van der Waals surface area (Å²) in [6.45, 7) is 0. The molecule has 4 N–H and O–H groups in total. The van der Waals surface area contributed by atoms with Crippen LogP contribution in [0.2, 0.25) is 0 Å². The van der Waals surface area contributed by atoms with Crippen molar-refractivity contribution in [3.05, 3.63) is 29.8 Å². The molecule has 0 aliphatic carbocycles. The molecule has 7 heteroatoms. The van der Waals surface area contributed by atoms with Crippen molar-refractivity contribution in [1.82, 2.24) is 0 Å². The van der Waals surface area contributed by atoms with Gasteiger partial charge in [0.1, 0.15) is 5.56 Å². The Labute approximate surface area is 79.7 Å². The van der Waals surface area contributed by atoms with Crippen LogP contribution in [-0.2, 0) is 0 Å². The molecule has 14 heavy (non-hydrogen) atoms. The third kappa shape index (κ3) is 2.93. The summed E-state index contributed by atoms with van der Waals surface area (Å²) in [4.78, 5) is 36.3. The van der Waals surface area contributed by atoms with Crippen LogP contribution >= 0.6 is 8.17 Å². The molecule has 0 bridgehead atoms. The van der Waals surface area contributed by atoms with Gasteiger partial charge in [-0.1, -0.05) is 12.1 Å². The molecule has 0 saturated heterocycles. The lowest BCUT2D eigenvalue weighted by Gasteiger charge is -2.05. The molecule has 1 aromatic rings. The minimum Gasteiger partial charge on any atom is -0.478 e. The first-order valence-corrected chi connectivity index (χ1v) is 5.06. The van der Waals surface area contributed by atoms with Gasteiger partial charge in [0.25, 0.3) is 0 Å². The van der Waals surface area contributed by atoms with Gasteiger partial charge in [-0.05, 0) is 12.1 Å².